The zero-order chi connectivity index (χ0) is 13.8. The van der Waals surface area contributed by atoms with E-state index in [1.54, 1.807) is 7.05 Å². The Hall–Kier alpha value is -0.620. The molecule has 1 atom stereocenters. The van der Waals surface area contributed by atoms with Gasteiger partial charge < -0.3 is 10.6 Å². The van der Waals surface area contributed by atoms with Gasteiger partial charge in [0.25, 0.3) is 0 Å². The number of amides is 1. The van der Waals surface area contributed by atoms with E-state index in [-0.39, 0.29) is 29.4 Å². The summed E-state index contributed by atoms with van der Waals surface area (Å²) in [4.78, 5) is 13.3. The van der Waals surface area contributed by atoms with Crippen LogP contribution in [0.1, 0.15) is 39.0 Å². The zero-order valence-corrected chi connectivity index (χ0v) is 12.1. The maximum absolute atomic E-state index is 12.0. The minimum absolute atomic E-state index is 0.0296. The monoisotopic (exact) mass is 276 g/mol. The molecule has 1 aliphatic carbocycles. The van der Waals surface area contributed by atoms with Crippen LogP contribution < -0.4 is 5.73 Å². The molecule has 0 aliphatic heterocycles. The van der Waals surface area contributed by atoms with Crippen LogP contribution in [-0.4, -0.2) is 49.9 Å². The van der Waals surface area contributed by atoms with Crippen molar-refractivity contribution >= 4 is 15.7 Å². The molecule has 0 saturated heterocycles. The van der Waals surface area contributed by atoms with E-state index in [1.807, 2.05) is 6.92 Å². The fourth-order valence-corrected chi connectivity index (χ4v) is 4.07. The highest BCUT2D eigenvalue weighted by Crippen LogP contribution is 2.25. The standard InChI is InChI=1S/C12H24N2O3S/c1-10(9-13)14(2)12(15)7-8-18(16,17)11-5-3-4-6-11/h10-11H,3-9,13H2,1-2H3. The summed E-state index contributed by atoms with van der Waals surface area (Å²) in [5.41, 5.74) is 5.48. The highest BCUT2D eigenvalue weighted by Gasteiger charge is 2.29. The van der Waals surface area contributed by atoms with Gasteiger partial charge in [-0.05, 0) is 19.8 Å². The van der Waals surface area contributed by atoms with E-state index in [0.717, 1.165) is 25.7 Å². The number of carbonyl (C=O) groups excluding carboxylic acids is 1. The molecule has 1 fully saturated rings. The van der Waals surface area contributed by atoms with Gasteiger partial charge in [0.1, 0.15) is 0 Å². The minimum Gasteiger partial charge on any atom is -0.342 e. The van der Waals surface area contributed by atoms with Crippen molar-refractivity contribution in [3.05, 3.63) is 0 Å². The number of nitrogens with two attached hydrogens (primary N) is 1. The average molecular weight is 276 g/mol. The summed E-state index contributed by atoms with van der Waals surface area (Å²) in [7, 11) is -1.43. The van der Waals surface area contributed by atoms with Gasteiger partial charge >= 0.3 is 0 Å². The Labute approximate surface area is 110 Å². The van der Waals surface area contributed by atoms with Gasteiger partial charge in [-0.25, -0.2) is 8.42 Å². The second-order valence-corrected chi connectivity index (χ2v) is 7.51. The molecule has 5 nitrogen and oxygen atoms in total. The molecule has 1 saturated carbocycles. The third kappa shape index (κ3) is 3.95. The lowest BCUT2D eigenvalue weighted by atomic mass is 10.3. The van der Waals surface area contributed by atoms with Gasteiger partial charge in [-0.1, -0.05) is 12.8 Å². The van der Waals surface area contributed by atoms with Crippen LogP contribution in [0.25, 0.3) is 0 Å². The number of carbonyl (C=O) groups is 1. The molecule has 0 radical (unpaired) electrons. The Balaban J connectivity index is 2.47. The van der Waals surface area contributed by atoms with Crippen LogP contribution in [0.15, 0.2) is 0 Å². The van der Waals surface area contributed by atoms with E-state index >= 15 is 0 Å². The average Bonchev–Trinajstić information content (AvgIpc) is 2.88. The third-order valence-electron chi connectivity index (χ3n) is 3.81. The zero-order valence-electron chi connectivity index (χ0n) is 11.3. The maximum Gasteiger partial charge on any atom is 0.223 e. The lowest BCUT2D eigenvalue weighted by molar-refractivity contribution is -0.131. The molecule has 6 heteroatoms. The van der Waals surface area contributed by atoms with Gasteiger partial charge in [-0.15, -0.1) is 0 Å². The number of hydrogen-bond donors (Lipinski definition) is 1. The lowest BCUT2D eigenvalue weighted by Gasteiger charge is -2.23. The number of hydrogen-bond acceptors (Lipinski definition) is 4. The molecule has 18 heavy (non-hydrogen) atoms. The first-order valence-electron chi connectivity index (χ1n) is 6.55. The van der Waals surface area contributed by atoms with Crippen LogP contribution in [0, 0.1) is 0 Å². The van der Waals surface area contributed by atoms with E-state index in [0.29, 0.717) is 6.54 Å². The maximum atomic E-state index is 12.0. The van der Waals surface area contributed by atoms with E-state index in [1.165, 1.54) is 4.90 Å². The van der Waals surface area contributed by atoms with Crippen LogP contribution in [0.4, 0.5) is 0 Å². The molecule has 1 amide bonds. The predicted octanol–water partition coefficient (Wildman–Crippen LogP) is 0.540. The Bertz CT molecular complexity index is 375. The van der Waals surface area contributed by atoms with Gasteiger partial charge in [-0.3, -0.25) is 4.79 Å². The first kappa shape index (κ1) is 15.4. The molecule has 2 N–H and O–H groups in total. The second-order valence-electron chi connectivity index (χ2n) is 5.11. The smallest absolute Gasteiger partial charge is 0.223 e. The van der Waals surface area contributed by atoms with Crippen LogP contribution in [-0.2, 0) is 14.6 Å². The Kier molecular flexibility index (Phi) is 5.59. The van der Waals surface area contributed by atoms with Crippen molar-refractivity contribution in [3.63, 3.8) is 0 Å². The molecule has 106 valence electrons. The first-order valence-corrected chi connectivity index (χ1v) is 8.27. The van der Waals surface area contributed by atoms with Crippen LogP contribution in [0.5, 0.6) is 0 Å². The molecule has 1 unspecified atom stereocenters. The summed E-state index contributed by atoms with van der Waals surface area (Å²) in [5.74, 6) is -0.174. The Morgan fingerprint density at radius 1 is 1.39 bits per heavy atom. The van der Waals surface area contributed by atoms with Crippen molar-refractivity contribution in [1.29, 1.82) is 0 Å². The number of likely N-dealkylation sites (N-methyl/N-ethyl adjacent to an activating group) is 1. The molecule has 1 aliphatic rings. The minimum atomic E-state index is -3.10. The molecule has 0 heterocycles. The molecular formula is C12H24N2O3S. The van der Waals surface area contributed by atoms with E-state index in [9.17, 15) is 13.2 Å². The Morgan fingerprint density at radius 2 is 1.94 bits per heavy atom. The van der Waals surface area contributed by atoms with Crippen molar-refractivity contribution in [1.82, 2.24) is 4.90 Å². The largest absolute Gasteiger partial charge is 0.342 e. The van der Waals surface area contributed by atoms with Gasteiger partial charge in [0.2, 0.25) is 5.91 Å². The molecule has 0 bridgehead atoms. The fourth-order valence-electron chi connectivity index (χ4n) is 2.22. The van der Waals surface area contributed by atoms with E-state index in [4.69, 9.17) is 5.73 Å². The number of rotatable bonds is 6. The topological polar surface area (TPSA) is 80.5 Å². The predicted molar refractivity (Wildman–Crippen MR) is 71.9 cm³/mol. The third-order valence-corrected chi connectivity index (χ3v) is 6.07. The van der Waals surface area contributed by atoms with Gasteiger partial charge in [0.15, 0.2) is 9.84 Å². The summed E-state index contributed by atoms with van der Waals surface area (Å²) in [6.45, 7) is 2.24. The SMILES string of the molecule is CC(CN)N(C)C(=O)CCS(=O)(=O)C1CCCC1. The van der Waals surface area contributed by atoms with Crippen molar-refractivity contribution in [2.75, 3.05) is 19.3 Å². The van der Waals surface area contributed by atoms with Gasteiger partial charge in [0.05, 0.1) is 11.0 Å². The van der Waals surface area contributed by atoms with Crippen LogP contribution in [0.3, 0.4) is 0 Å². The molecule has 1 rings (SSSR count). The summed E-state index contributed by atoms with van der Waals surface area (Å²) in [5, 5.41) is -0.220. The van der Waals surface area contributed by atoms with E-state index in [2.05, 4.69) is 0 Å². The lowest BCUT2D eigenvalue weighted by Crippen LogP contribution is -2.40. The number of nitrogens with zero attached hydrogens (tertiary/aromatic N) is 1. The van der Waals surface area contributed by atoms with Crippen LogP contribution in [0.2, 0.25) is 0 Å². The summed E-state index contributed by atoms with van der Waals surface area (Å²) in [6, 6.07) is -0.0494. The molecule has 0 spiro atoms. The molecule has 0 aromatic heterocycles. The molecule has 0 aromatic rings. The molecule has 0 aromatic carbocycles. The van der Waals surface area contributed by atoms with Gasteiger partial charge in [0, 0.05) is 26.1 Å². The summed E-state index contributed by atoms with van der Waals surface area (Å²) < 4.78 is 24.0. The molecular weight excluding hydrogens is 252 g/mol. The normalized spacial score (nSPS) is 18.8. The summed E-state index contributed by atoms with van der Waals surface area (Å²) in [6.07, 6.45) is 3.56. The van der Waals surface area contributed by atoms with Gasteiger partial charge in [-0.2, -0.15) is 0 Å². The summed E-state index contributed by atoms with van der Waals surface area (Å²) >= 11 is 0. The van der Waals surface area contributed by atoms with Crippen LogP contribution >= 0.6 is 0 Å². The van der Waals surface area contributed by atoms with Crippen molar-refractivity contribution < 1.29 is 13.2 Å². The quantitative estimate of drug-likeness (QED) is 0.768. The van der Waals surface area contributed by atoms with E-state index < -0.39 is 9.84 Å². The van der Waals surface area contributed by atoms with Crippen molar-refractivity contribution in [2.45, 2.75) is 50.3 Å². The first-order chi connectivity index (χ1) is 8.38. The Morgan fingerprint density at radius 3 is 2.44 bits per heavy atom. The fraction of sp³-hybridized carbons (Fsp3) is 0.917. The number of sulfone groups is 1. The van der Waals surface area contributed by atoms with Crippen molar-refractivity contribution in [2.24, 2.45) is 5.73 Å². The second kappa shape index (κ2) is 6.52. The highest BCUT2D eigenvalue weighted by atomic mass is 32.2. The van der Waals surface area contributed by atoms with Crippen molar-refractivity contribution in [3.8, 4) is 0 Å². The highest BCUT2D eigenvalue weighted by molar-refractivity contribution is 7.92.